The third-order valence-electron chi connectivity index (χ3n) is 3.20. The summed E-state index contributed by atoms with van der Waals surface area (Å²) in [5, 5.41) is 3.62. The lowest BCUT2D eigenvalue weighted by Gasteiger charge is -2.16. The highest BCUT2D eigenvalue weighted by Crippen LogP contribution is 2.26. The van der Waals surface area contributed by atoms with Crippen molar-refractivity contribution in [1.29, 1.82) is 0 Å². The van der Waals surface area contributed by atoms with Crippen LogP contribution in [-0.4, -0.2) is 31.1 Å². The molecule has 1 N–H and O–H groups in total. The summed E-state index contributed by atoms with van der Waals surface area (Å²) in [6, 6.07) is 5.04. The fourth-order valence-corrected chi connectivity index (χ4v) is 2.55. The molecule has 1 saturated heterocycles. The predicted molar refractivity (Wildman–Crippen MR) is 73.1 cm³/mol. The molecule has 2 rings (SSSR count). The van der Waals surface area contributed by atoms with E-state index in [-0.39, 0.29) is 0 Å². The summed E-state index contributed by atoms with van der Waals surface area (Å²) in [6.45, 7) is 6.63. The van der Waals surface area contributed by atoms with Gasteiger partial charge in [-0.05, 0) is 57.1 Å². The molecule has 1 aliphatic rings. The Morgan fingerprint density at radius 3 is 2.44 bits per heavy atom. The van der Waals surface area contributed by atoms with E-state index in [0.29, 0.717) is 6.04 Å². The summed E-state index contributed by atoms with van der Waals surface area (Å²) in [5.74, 6) is 0. The summed E-state index contributed by atoms with van der Waals surface area (Å²) in [4.78, 5) is 2.37. The maximum atomic E-state index is 3.62. The van der Waals surface area contributed by atoms with Gasteiger partial charge in [-0.1, -0.05) is 15.9 Å². The summed E-state index contributed by atoms with van der Waals surface area (Å²) in [5.41, 5.74) is 3.85. The minimum Gasteiger partial charge on any atom is -0.381 e. The average molecular weight is 283 g/mol. The third kappa shape index (κ3) is 2.58. The maximum Gasteiger partial charge on any atom is 0.0400 e. The second-order valence-electron chi connectivity index (χ2n) is 4.82. The first kappa shape index (κ1) is 11.9. The van der Waals surface area contributed by atoms with E-state index in [1.807, 2.05) is 0 Å². The van der Waals surface area contributed by atoms with Crippen LogP contribution in [0.25, 0.3) is 0 Å². The molecule has 0 spiro atoms. The van der Waals surface area contributed by atoms with E-state index in [1.54, 1.807) is 0 Å². The molecule has 16 heavy (non-hydrogen) atoms. The Kier molecular flexibility index (Phi) is 3.55. The van der Waals surface area contributed by atoms with Gasteiger partial charge in [-0.3, -0.25) is 0 Å². The number of nitrogens with zero attached hydrogens (tertiary/aromatic N) is 1. The lowest BCUT2D eigenvalue weighted by molar-refractivity contribution is 0.414. The zero-order chi connectivity index (χ0) is 11.7. The molecule has 1 unspecified atom stereocenters. The van der Waals surface area contributed by atoms with Crippen molar-refractivity contribution in [2.45, 2.75) is 26.3 Å². The Morgan fingerprint density at radius 2 is 1.94 bits per heavy atom. The fourth-order valence-electron chi connectivity index (χ4n) is 2.32. The first-order chi connectivity index (χ1) is 7.56. The minimum absolute atomic E-state index is 0.602. The molecule has 88 valence electrons. The molecule has 1 aromatic carbocycles. The van der Waals surface area contributed by atoms with Crippen LogP contribution in [0.3, 0.4) is 0 Å². The molecule has 2 nitrogen and oxygen atoms in total. The molecular formula is C13H19BrN2. The summed E-state index contributed by atoms with van der Waals surface area (Å²) >= 11 is 3.60. The molecule has 1 aliphatic heterocycles. The van der Waals surface area contributed by atoms with Crippen LogP contribution < -0.4 is 5.32 Å². The molecule has 0 saturated carbocycles. The van der Waals surface area contributed by atoms with E-state index in [2.05, 4.69) is 59.2 Å². The van der Waals surface area contributed by atoms with Crippen molar-refractivity contribution in [2.24, 2.45) is 0 Å². The second-order valence-corrected chi connectivity index (χ2v) is 5.61. The van der Waals surface area contributed by atoms with E-state index in [9.17, 15) is 0 Å². The van der Waals surface area contributed by atoms with Crippen LogP contribution in [0.5, 0.6) is 0 Å². The van der Waals surface area contributed by atoms with Gasteiger partial charge in [0.15, 0.2) is 0 Å². The van der Waals surface area contributed by atoms with Crippen molar-refractivity contribution in [2.75, 3.05) is 25.5 Å². The molecule has 1 aromatic rings. The number of anilines is 1. The molecule has 1 heterocycles. The Bertz CT molecular complexity index is 367. The molecule has 0 amide bonds. The third-order valence-corrected chi connectivity index (χ3v) is 4.45. The fraction of sp³-hybridized carbons (Fsp3) is 0.538. The Morgan fingerprint density at radius 1 is 1.31 bits per heavy atom. The van der Waals surface area contributed by atoms with Crippen LogP contribution >= 0.6 is 15.9 Å². The van der Waals surface area contributed by atoms with Gasteiger partial charge in [0.1, 0.15) is 0 Å². The van der Waals surface area contributed by atoms with Crippen LogP contribution in [0.1, 0.15) is 17.5 Å². The average Bonchev–Trinajstić information content (AvgIpc) is 2.60. The standard InChI is InChI=1S/C13H19BrN2/c1-9-6-12(7-10(2)13(9)14)15-11-4-5-16(3)8-11/h6-7,11,15H,4-5,8H2,1-3H3. The smallest absolute Gasteiger partial charge is 0.0400 e. The van der Waals surface area contributed by atoms with Gasteiger partial charge in [0.2, 0.25) is 0 Å². The zero-order valence-corrected chi connectivity index (χ0v) is 11.8. The predicted octanol–water partition coefficient (Wildman–Crippen LogP) is 3.18. The lowest BCUT2D eigenvalue weighted by atomic mass is 10.1. The van der Waals surface area contributed by atoms with Crippen LogP contribution in [-0.2, 0) is 0 Å². The van der Waals surface area contributed by atoms with Gasteiger partial charge in [-0.15, -0.1) is 0 Å². The zero-order valence-electron chi connectivity index (χ0n) is 10.2. The Hall–Kier alpha value is -0.540. The lowest BCUT2D eigenvalue weighted by Crippen LogP contribution is -2.23. The molecule has 0 radical (unpaired) electrons. The second kappa shape index (κ2) is 4.76. The first-order valence-corrected chi connectivity index (χ1v) is 6.57. The maximum absolute atomic E-state index is 3.62. The molecule has 0 bridgehead atoms. The van der Waals surface area contributed by atoms with Crippen LogP contribution in [0.2, 0.25) is 0 Å². The van der Waals surface area contributed by atoms with E-state index >= 15 is 0 Å². The highest BCUT2D eigenvalue weighted by Gasteiger charge is 2.19. The molecule has 0 aliphatic carbocycles. The molecule has 1 fully saturated rings. The number of halogens is 1. The molecule has 0 aromatic heterocycles. The highest BCUT2D eigenvalue weighted by atomic mass is 79.9. The van der Waals surface area contributed by atoms with Crippen molar-refractivity contribution in [3.63, 3.8) is 0 Å². The number of benzene rings is 1. The summed E-state index contributed by atoms with van der Waals surface area (Å²) in [6.07, 6.45) is 1.24. The minimum atomic E-state index is 0.602. The number of hydrogen-bond acceptors (Lipinski definition) is 2. The van der Waals surface area contributed by atoms with Crippen molar-refractivity contribution in [3.05, 3.63) is 27.7 Å². The van der Waals surface area contributed by atoms with Crippen LogP contribution in [0, 0.1) is 13.8 Å². The van der Waals surface area contributed by atoms with Gasteiger partial charge in [-0.2, -0.15) is 0 Å². The van der Waals surface area contributed by atoms with Crippen LogP contribution in [0.4, 0.5) is 5.69 Å². The van der Waals surface area contributed by atoms with Gasteiger partial charge in [0.05, 0.1) is 0 Å². The van der Waals surface area contributed by atoms with Crippen molar-refractivity contribution >= 4 is 21.6 Å². The Balaban J connectivity index is 2.10. The van der Waals surface area contributed by atoms with E-state index in [4.69, 9.17) is 0 Å². The molecule has 1 atom stereocenters. The molecule has 3 heteroatoms. The van der Waals surface area contributed by atoms with Gasteiger partial charge in [0, 0.05) is 22.7 Å². The first-order valence-electron chi connectivity index (χ1n) is 5.78. The summed E-state index contributed by atoms with van der Waals surface area (Å²) < 4.78 is 1.22. The molecular weight excluding hydrogens is 264 g/mol. The van der Waals surface area contributed by atoms with Gasteiger partial charge < -0.3 is 10.2 Å². The quantitative estimate of drug-likeness (QED) is 0.896. The number of aryl methyl sites for hydroxylation is 2. The number of likely N-dealkylation sites (N-methyl/N-ethyl adjacent to an activating group) is 1. The van der Waals surface area contributed by atoms with Crippen molar-refractivity contribution < 1.29 is 0 Å². The largest absolute Gasteiger partial charge is 0.381 e. The van der Waals surface area contributed by atoms with Crippen LogP contribution in [0.15, 0.2) is 16.6 Å². The summed E-state index contributed by atoms with van der Waals surface area (Å²) in [7, 11) is 2.18. The normalized spacial score (nSPS) is 21.4. The number of nitrogens with one attached hydrogen (secondary N) is 1. The number of hydrogen-bond donors (Lipinski definition) is 1. The van der Waals surface area contributed by atoms with Gasteiger partial charge in [0.25, 0.3) is 0 Å². The van der Waals surface area contributed by atoms with Crippen molar-refractivity contribution in [3.8, 4) is 0 Å². The SMILES string of the molecule is Cc1cc(NC2CCN(C)C2)cc(C)c1Br. The number of rotatable bonds is 2. The monoisotopic (exact) mass is 282 g/mol. The van der Waals surface area contributed by atoms with Gasteiger partial charge in [-0.25, -0.2) is 0 Å². The number of likely N-dealkylation sites (tertiary alicyclic amines) is 1. The topological polar surface area (TPSA) is 15.3 Å². The van der Waals surface area contributed by atoms with Gasteiger partial charge >= 0.3 is 0 Å². The van der Waals surface area contributed by atoms with Crippen molar-refractivity contribution in [1.82, 2.24) is 4.90 Å². The van der Waals surface area contributed by atoms with E-state index < -0.39 is 0 Å². The highest BCUT2D eigenvalue weighted by molar-refractivity contribution is 9.10. The van der Waals surface area contributed by atoms with E-state index in [1.165, 1.54) is 34.3 Å². The van der Waals surface area contributed by atoms with E-state index in [0.717, 1.165) is 6.54 Å². The Labute approximate surface area is 106 Å².